The van der Waals surface area contributed by atoms with Crippen LogP contribution in [0.15, 0.2) is 30.4 Å². The Morgan fingerprint density at radius 3 is 2.45 bits per heavy atom. The van der Waals surface area contributed by atoms with Crippen molar-refractivity contribution in [3.63, 3.8) is 0 Å². The van der Waals surface area contributed by atoms with Gasteiger partial charge < -0.3 is 15.2 Å². The molecular weight excluding hydrogens is 312 g/mol. The van der Waals surface area contributed by atoms with Gasteiger partial charge in [0.2, 0.25) is 5.91 Å². The van der Waals surface area contributed by atoms with E-state index in [0.717, 1.165) is 6.07 Å². The molecule has 1 N–H and O–H groups in total. The van der Waals surface area contributed by atoms with Gasteiger partial charge in [0, 0.05) is 24.0 Å². The van der Waals surface area contributed by atoms with Crippen molar-refractivity contribution in [2.45, 2.75) is 12.8 Å². The molecule has 1 aliphatic rings. The van der Waals surface area contributed by atoms with Crippen LogP contribution < -0.4 is 10.4 Å². The summed E-state index contributed by atoms with van der Waals surface area (Å²) in [7, 11) is 0. The molecule has 0 saturated heterocycles. The second-order valence-electron chi connectivity index (χ2n) is 4.89. The first-order chi connectivity index (χ1) is 10.4. The first-order valence-corrected chi connectivity index (χ1v) is 6.88. The van der Waals surface area contributed by atoms with Gasteiger partial charge in [-0.1, -0.05) is 23.8 Å². The van der Waals surface area contributed by atoms with Crippen LogP contribution in [0.5, 0.6) is 0 Å². The number of nitro groups is 1. The number of carboxylic acid groups (broad SMARTS) is 1. The van der Waals surface area contributed by atoms with E-state index >= 15 is 0 Å². The van der Waals surface area contributed by atoms with Gasteiger partial charge in [-0.25, -0.2) is 0 Å². The molecule has 1 aromatic rings. The van der Waals surface area contributed by atoms with Crippen LogP contribution in [0.4, 0.5) is 11.4 Å². The zero-order valence-corrected chi connectivity index (χ0v) is 12.1. The second kappa shape index (κ2) is 6.57. The lowest BCUT2D eigenvalue weighted by molar-refractivity contribution is -0.384. The van der Waals surface area contributed by atoms with Crippen LogP contribution in [-0.2, 0) is 9.59 Å². The SMILES string of the molecule is O=C(Nc1cc([N+](=O)[O-])ccc1Cl)[C@H]1CC=CC[C@H]1C(=O)[O-]. The van der Waals surface area contributed by atoms with E-state index in [-0.39, 0.29) is 29.2 Å². The van der Waals surface area contributed by atoms with E-state index in [1.807, 2.05) is 0 Å². The molecule has 2 rings (SSSR count). The molecule has 8 heteroatoms. The Morgan fingerprint density at radius 1 is 1.23 bits per heavy atom. The van der Waals surface area contributed by atoms with Gasteiger partial charge in [-0.2, -0.15) is 0 Å². The molecule has 116 valence electrons. The third kappa shape index (κ3) is 3.43. The fourth-order valence-corrected chi connectivity index (χ4v) is 2.48. The fraction of sp³-hybridized carbons (Fsp3) is 0.286. The summed E-state index contributed by atoms with van der Waals surface area (Å²) in [6.07, 6.45) is 3.88. The molecule has 0 fully saturated rings. The number of nitrogens with one attached hydrogen (secondary N) is 1. The number of halogens is 1. The van der Waals surface area contributed by atoms with E-state index in [9.17, 15) is 24.8 Å². The largest absolute Gasteiger partial charge is 0.550 e. The minimum absolute atomic E-state index is 0.0764. The van der Waals surface area contributed by atoms with Crippen molar-refractivity contribution in [2.75, 3.05) is 5.32 Å². The summed E-state index contributed by atoms with van der Waals surface area (Å²) in [5, 5.41) is 24.4. The van der Waals surface area contributed by atoms with Crippen molar-refractivity contribution in [3.05, 3.63) is 45.5 Å². The zero-order chi connectivity index (χ0) is 16.3. The summed E-state index contributed by atoms with van der Waals surface area (Å²) in [6, 6.07) is 3.64. The van der Waals surface area contributed by atoms with Crippen LogP contribution in [0.25, 0.3) is 0 Å². The Kier molecular flexibility index (Phi) is 4.77. The summed E-state index contributed by atoms with van der Waals surface area (Å²) < 4.78 is 0. The Hall–Kier alpha value is -2.41. The summed E-state index contributed by atoms with van der Waals surface area (Å²) >= 11 is 5.90. The molecule has 0 spiro atoms. The molecule has 0 aromatic heterocycles. The number of amides is 1. The highest BCUT2D eigenvalue weighted by Gasteiger charge is 2.30. The lowest BCUT2D eigenvalue weighted by atomic mass is 9.82. The molecule has 1 aromatic carbocycles. The minimum atomic E-state index is -1.30. The maximum absolute atomic E-state index is 12.3. The van der Waals surface area contributed by atoms with E-state index in [4.69, 9.17) is 11.6 Å². The molecular formula is C14H12ClN2O5-. The second-order valence-corrected chi connectivity index (χ2v) is 5.29. The van der Waals surface area contributed by atoms with Gasteiger partial charge in [0.1, 0.15) is 0 Å². The average molecular weight is 324 g/mol. The predicted molar refractivity (Wildman–Crippen MR) is 77.1 cm³/mol. The molecule has 22 heavy (non-hydrogen) atoms. The highest BCUT2D eigenvalue weighted by atomic mass is 35.5. The number of nitro benzene ring substituents is 1. The van der Waals surface area contributed by atoms with Crippen molar-refractivity contribution < 1.29 is 19.6 Å². The van der Waals surface area contributed by atoms with Crippen molar-refractivity contribution in [3.8, 4) is 0 Å². The number of non-ortho nitro benzene ring substituents is 1. The van der Waals surface area contributed by atoms with Crippen LogP contribution in [0.2, 0.25) is 5.02 Å². The van der Waals surface area contributed by atoms with Crippen LogP contribution in [0, 0.1) is 22.0 Å². The topological polar surface area (TPSA) is 112 Å². The van der Waals surface area contributed by atoms with Gasteiger partial charge >= 0.3 is 0 Å². The maximum Gasteiger partial charge on any atom is 0.271 e. The molecule has 7 nitrogen and oxygen atoms in total. The Balaban J connectivity index is 2.21. The van der Waals surface area contributed by atoms with Crippen LogP contribution >= 0.6 is 11.6 Å². The van der Waals surface area contributed by atoms with Gasteiger partial charge in [-0.3, -0.25) is 14.9 Å². The highest BCUT2D eigenvalue weighted by Crippen LogP contribution is 2.30. The number of hydrogen-bond acceptors (Lipinski definition) is 5. The number of anilines is 1. The standard InChI is InChI=1S/C14H13ClN2O5/c15-11-6-5-8(17(21)22)7-12(11)16-13(18)9-3-1-2-4-10(9)14(19)20/h1-2,5-7,9-10H,3-4H2,(H,16,18)(H,19,20)/p-1/t9-,10+/m0/s1. The Morgan fingerprint density at radius 2 is 1.86 bits per heavy atom. The van der Waals surface area contributed by atoms with E-state index in [2.05, 4.69) is 5.32 Å². The van der Waals surface area contributed by atoms with E-state index in [1.54, 1.807) is 12.2 Å². The monoisotopic (exact) mass is 323 g/mol. The minimum Gasteiger partial charge on any atom is -0.550 e. The number of carbonyl (C=O) groups excluding carboxylic acids is 2. The zero-order valence-electron chi connectivity index (χ0n) is 11.3. The van der Waals surface area contributed by atoms with E-state index in [0.29, 0.717) is 0 Å². The first kappa shape index (κ1) is 16.0. The molecule has 1 aliphatic carbocycles. The van der Waals surface area contributed by atoms with Gasteiger partial charge in [-0.15, -0.1) is 0 Å². The van der Waals surface area contributed by atoms with Gasteiger partial charge in [0.15, 0.2) is 0 Å². The van der Waals surface area contributed by atoms with Gasteiger partial charge in [0.25, 0.3) is 5.69 Å². The average Bonchev–Trinajstić information content (AvgIpc) is 2.49. The Labute approximate surface area is 130 Å². The van der Waals surface area contributed by atoms with E-state index in [1.165, 1.54) is 12.1 Å². The molecule has 0 heterocycles. The highest BCUT2D eigenvalue weighted by molar-refractivity contribution is 6.33. The fourth-order valence-electron chi connectivity index (χ4n) is 2.31. The van der Waals surface area contributed by atoms with E-state index < -0.39 is 28.6 Å². The van der Waals surface area contributed by atoms with Crippen molar-refractivity contribution in [1.82, 2.24) is 0 Å². The number of carboxylic acids is 1. The predicted octanol–water partition coefficient (Wildman–Crippen LogP) is 1.52. The smallest absolute Gasteiger partial charge is 0.271 e. The molecule has 0 bridgehead atoms. The van der Waals surface area contributed by atoms with Gasteiger partial charge in [-0.05, 0) is 18.9 Å². The molecule has 2 atom stereocenters. The Bertz CT molecular complexity index is 659. The van der Waals surface area contributed by atoms with Crippen molar-refractivity contribution in [2.24, 2.45) is 11.8 Å². The maximum atomic E-state index is 12.3. The van der Waals surface area contributed by atoms with Crippen LogP contribution in [-0.4, -0.2) is 16.8 Å². The number of rotatable bonds is 4. The molecule has 0 unspecified atom stereocenters. The summed E-state index contributed by atoms with van der Waals surface area (Å²) in [5.41, 5.74) is -0.146. The number of benzene rings is 1. The molecule has 0 saturated carbocycles. The number of aliphatic carboxylic acids is 1. The van der Waals surface area contributed by atoms with Crippen molar-refractivity contribution in [1.29, 1.82) is 0 Å². The third-order valence-corrected chi connectivity index (χ3v) is 3.82. The quantitative estimate of drug-likeness (QED) is 0.513. The third-order valence-electron chi connectivity index (χ3n) is 3.49. The molecule has 1 amide bonds. The van der Waals surface area contributed by atoms with Crippen molar-refractivity contribution >= 4 is 34.9 Å². The number of allylic oxidation sites excluding steroid dienone is 2. The molecule has 0 aliphatic heterocycles. The lowest BCUT2D eigenvalue weighted by Crippen LogP contribution is -2.41. The summed E-state index contributed by atoms with van der Waals surface area (Å²) in [5.74, 6) is -3.58. The van der Waals surface area contributed by atoms with Gasteiger partial charge in [0.05, 0.1) is 21.6 Å². The summed E-state index contributed by atoms with van der Waals surface area (Å²) in [6.45, 7) is 0. The van der Waals surface area contributed by atoms with Crippen LogP contribution in [0.3, 0.4) is 0 Å². The lowest BCUT2D eigenvalue weighted by Gasteiger charge is -2.28. The number of carbonyl (C=O) groups is 2. The van der Waals surface area contributed by atoms with Crippen LogP contribution in [0.1, 0.15) is 12.8 Å². The number of nitrogens with zero attached hydrogens (tertiary/aromatic N) is 1. The first-order valence-electron chi connectivity index (χ1n) is 6.51. The normalized spacial score (nSPS) is 20.4. The number of hydrogen-bond donors (Lipinski definition) is 1. The molecule has 0 radical (unpaired) electrons. The summed E-state index contributed by atoms with van der Waals surface area (Å²) in [4.78, 5) is 33.5.